The van der Waals surface area contributed by atoms with Crippen molar-refractivity contribution < 1.29 is 0 Å². The minimum absolute atomic E-state index is 0.974. The van der Waals surface area contributed by atoms with E-state index in [1.54, 1.807) is 12.4 Å². The lowest BCUT2D eigenvalue weighted by atomic mass is 9.95. The minimum atomic E-state index is 0.974. The normalized spacial score (nSPS) is 11.6. The summed E-state index contributed by atoms with van der Waals surface area (Å²) in [6.45, 7) is 0. The highest BCUT2D eigenvalue weighted by atomic mass is 14.8. The Hall–Kier alpha value is -3.00. The molecule has 0 amide bonds. The maximum Gasteiger partial charge on any atom is 0.0977 e. The van der Waals surface area contributed by atoms with Gasteiger partial charge in [0.1, 0.15) is 0 Å². The van der Waals surface area contributed by atoms with Gasteiger partial charge in [0.2, 0.25) is 0 Å². The van der Waals surface area contributed by atoms with Crippen LogP contribution < -0.4 is 0 Å². The first-order valence-electron chi connectivity index (χ1n) is 7.36. The molecule has 0 unspecified atom stereocenters. The first-order valence-corrected chi connectivity index (χ1v) is 7.36. The fourth-order valence-corrected chi connectivity index (χ4v) is 3.39. The van der Waals surface area contributed by atoms with E-state index in [9.17, 15) is 0 Å². The Balaban J connectivity index is 2.24. The third kappa shape index (κ3) is 1.44. The molecule has 0 saturated heterocycles. The van der Waals surface area contributed by atoms with Crippen LogP contribution in [0.2, 0.25) is 0 Å². The van der Waals surface area contributed by atoms with Crippen LogP contribution >= 0.6 is 0 Å². The van der Waals surface area contributed by atoms with E-state index in [-0.39, 0.29) is 0 Å². The average molecular weight is 280 g/mol. The Kier molecular flexibility index (Phi) is 2.25. The first-order chi connectivity index (χ1) is 10.9. The second-order valence-corrected chi connectivity index (χ2v) is 5.51. The Bertz CT molecular complexity index is 1130. The van der Waals surface area contributed by atoms with Crippen molar-refractivity contribution in [3.8, 4) is 0 Å². The van der Waals surface area contributed by atoms with E-state index >= 15 is 0 Å². The number of hydrogen-bond acceptors (Lipinski definition) is 2. The zero-order chi connectivity index (χ0) is 14.5. The summed E-state index contributed by atoms with van der Waals surface area (Å²) in [5.41, 5.74) is 1.95. The fraction of sp³-hybridized carbons (Fsp3) is 0. The summed E-state index contributed by atoms with van der Waals surface area (Å²) >= 11 is 0. The number of hydrogen-bond donors (Lipinski definition) is 0. The van der Waals surface area contributed by atoms with Crippen molar-refractivity contribution in [1.82, 2.24) is 9.97 Å². The van der Waals surface area contributed by atoms with Crippen LogP contribution in [0.15, 0.2) is 73.1 Å². The van der Waals surface area contributed by atoms with E-state index in [4.69, 9.17) is 0 Å². The van der Waals surface area contributed by atoms with Gasteiger partial charge in [0.05, 0.1) is 11.0 Å². The molecule has 0 saturated carbocycles. The summed E-state index contributed by atoms with van der Waals surface area (Å²) < 4.78 is 0. The van der Waals surface area contributed by atoms with Gasteiger partial charge in [0, 0.05) is 23.2 Å². The van der Waals surface area contributed by atoms with E-state index in [1.807, 2.05) is 0 Å². The number of fused-ring (bicyclic) bond motifs is 8. The molecular formula is C20H12N2. The van der Waals surface area contributed by atoms with Gasteiger partial charge in [0.15, 0.2) is 0 Å². The van der Waals surface area contributed by atoms with Crippen LogP contribution in [0.5, 0.6) is 0 Å². The molecule has 0 N–H and O–H groups in total. The Morgan fingerprint density at radius 3 is 2.05 bits per heavy atom. The van der Waals surface area contributed by atoms with Crippen LogP contribution in [0.4, 0.5) is 0 Å². The molecule has 0 aliphatic rings. The van der Waals surface area contributed by atoms with Gasteiger partial charge in [-0.05, 0) is 21.5 Å². The average Bonchev–Trinajstić information content (AvgIpc) is 2.61. The van der Waals surface area contributed by atoms with Gasteiger partial charge in [-0.1, -0.05) is 60.7 Å². The molecular weight excluding hydrogens is 268 g/mol. The second-order valence-electron chi connectivity index (χ2n) is 5.51. The van der Waals surface area contributed by atoms with Gasteiger partial charge in [-0.2, -0.15) is 0 Å². The molecule has 0 atom stereocenters. The zero-order valence-electron chi connectivity index (χ0n) is 11.8. The molecule has 0 aliphatic carbocycles. The highest BCUT2D eigenvalue weighted by Gasteiger charge is 2.12. The highest BCUT2D eigenvalue weighted by Crippen LogP contribution is 2.36. The van der Waals surface area contributed by atoms with Crippen LogP contribution in [-0.2, 0) is 0 Å². The molecule has 0 fully saturated rings. The van der Waals surface area contributed by atoms with Gasteiger partial charge >= 0.3 is 0 Å². The number of aromatic nitrogens is 2. The van der Waals surface area contributed by atoms with Crippen LogP contribution in [-0.4, -0.2) is 9.97 Å². The minimum Gasteiger partial charge on any atom is -0.252 e. The number of benzene rings is 4. The van der Waals surface area contributed by atoms with Crippen molar-refractivity contribution in [2.24, 2.45) is 0 Å². The summed E-state index contributed by atoms with van der Waals surface area (Å²) in [7, 11) is 0. The third-order valence-corrected chi connectivity index (χ3v) is 4.34. The topological polar surface area (TPSA) is 25.8 Å². The van der Waals surface area contributed by atoms with Crippen molar-refractivity contribution in [2.45, 2.75) is 0 Å². The molecule has 5 rings (SSSR count). The van der Waals surface area contributed by atoms with Gasteiger partial charge < -0.3 is 0 Å². The molecule has 1 aromatic heterocycles. The van der Waals surface area contributed by atoms with Crippen molar-refractivity contribution in [2.75, 3.05) is 0 Å². The number of rotatable bonds is 0. The van der Waals surface area contributed by atoms with E-state index in [0.717, 1.165) is 16.4 Å². The van der Waals surface area contributed by atoms with Crippen LogP contribution in [0.25, 0.3) is 43.4 Å². The van der Waals surface area contributed by atoms with E-state index in [2.05, 4.69) is 70.6 Å². The van der Waals surface area contributed by atoms with Crippen LogP contribution in [0.3, 0.4) is 0 Å². The zero-order valence-corrected chi connectivity index (χ0v) is 11.8. The van der Waals surface area contributed by atoms with E-state index in [0.29, 0.717) is 0 Å². The molecule has 4 aromatic carbocycles. The molecule has 2 nitrogen and oxygen atoms in total. The summed E-state index contributed by atoms with van der Waals surface area (Å²) in [5, 5.41) is 7.29. The van der Waals surface area contributed by atoms with E-state index < -0.39 is 0 Å². The Morgan fingerprint density at radius 2 is 1.18 bits per heavy atom. The smallest absolute Gasteiger partial charge is 0.0977 e. The monoisotopic (exact) mass is 280 g/mol. The van der Waals surface area contributed by atoms with Crippen LogP contribution in [0.1, 0.15) is 0 Å². The predicted octanol–water partition coefficient (Wildman–Crippen LogP) is 5.09. The summed E-state index contributed by atoms with van der Waals surface area (Å²) in [6, 6.07) is 21.3. The van der Waals surface area contributed by atoms with Gasteiger partial charge in [-0.25, -0.2) is 0 Å². The van der Waals surface area contributed by atoms with Gasteiger partial charge in [0.25, 0.3) is 0 Å². The molecule has 5 aromatic rings. The van der Waals surface area contributed by atoms with Crippen molar-refractivity contribution in [3.05, 3.63) is 73.1 Å². The Labute approximate surface area is 127 Å². The molecule has 0 aliphatic heterocycles. The van der Waals surface area contributed by atoms with Crippen LogP contribution in [0, 0.1) is 0 Å². The lowest BCUT2D eigenvalue weighted by Crippen LogP contribution is -1.89. The van der Waals surface area contributed by atoms with Gasteiger partial charge in [-0.15, -0.1) is 0 Å². The lowest BCUT2D eigenvalue weighted by molar-refractivity contribution is 1.31. The quantitative estimate of drug-likeness (QED) is 0.369. The summed E-state index contributed by atoms with van der Waals surface area (Å²) in [5.74, 6) is 0. The Morgan fingerprint density at radius 1 is 0.500 bits per heavy atom. The molecule has 22 heavy (non-hydrogen) atoms. The fourth-order valence-electron chi connectivity index (χ4n) is 3.39. The second kappa shape index (κ2) is 4.25. The molecule has 2 heteroatoms. The third-order valence-electron chi connectivity index (χ3n) is 4.34. The summed E-state index contributed by atoms with van der Waals surface area (Å²) in [6.07, 6.45) is 3.55. The highest BCUT2D eigenvalue weighted by molar-refractivity contribution is 6.29. The standard InChI is InChI=1S/C20H12N2/c1-2-6-14-13(5-1)9-10-16-15-7-3-4-8-17(15)19-20(18(14)16)22-12-11-21-19/h1-12H. The predicted molar refractivity (Wildman–Crippen MR) is 92.1 cm³/mol. The van der Waals surface area contributed by atoms with E-state index in [1.165, 1.54) is 26.9 Å². The van der Waals surface area contributed by atoms with Crippen molar-refractivity contribution >= 4 is 43.4 Å². The van der Waals surface area contributed by atoms with Gasteiger partial charge in [-0.3, -0.25) is 9.97 Å². The molecule has 0 spiro atoms. The SMILES string of the molecule is c1ccc2c(c1)ccc1c3ccccc3c3nccnc3c21. The summed E-state index contributed by atoms with van der Waals surface area (Å²) in [4.78, 5) is 9.25. The maximum atomic E-state index is 4.65. The van der Waals surface area contributed by atoms with Crippen molar-refractivity contribution in [3.63, 3.8) is 0 Å². The molecule has 1 heterocycles. The number of nitrogens with zero attached hydrogens (tertiary/aromatic N) is 2. The maximum absolute atomic E-state index is 4.65. The molecule has 102 valence electrons. The van der Waals surface area contributed by atoms with Crippen molar-refractivity contribution in [1.29, 1.82) is 0 Å². The molecule has 0 radical (unpaired) electrons. The largest absolute Gasteiger partial charge is 0.252 e. The first kappa shape index (κ1) is 11.6. The lowest BCUT2D eigenvalue weighted by Gasteiger charge is -2.11. The molecule has 0 bridgehead atoms.